The molecule has 0 aliphatic rings. The summed E-state index contributed by atoms with van der Waals surface area (Å²) in [6, 6.07) is 3.95. The number of benzene rings is 1. The molecule has 0 fully saturated rings. The maximum atomic E-state index is 13.6. The maximum Gasteiger partial charge on any atom is 0.258 e. The molecule has 0 saturated heterocycles. The molecule has 0 spiro atoms. The van der Waals surface area contributed by atoms with Crippen molar-refractivity contribution in [3.8, 4) is 0 Å². The van der Waals surface area contributed by atoms with E-state index in [0.29, 0.717) is 11.4 Å². The smallest absolute Gasteiger partial charge is 0.258 e. The third-order valence-electron chi connectivity index (χ3n) is 2.60. The van der Waals surface area contributed by atoms with Gasteiger partial charge >= 0.3 is 0 Å². The predicted molar refractivity (Wildman–Crippen MR) is 66.8 cm³/mol. The minimum absolute atomic E-state index is 0.0517. The third kappa shape index (κ3) is 2.17. The van der Waals surface area contributed by atoms with E-state index in [2.05, 4.69) is 15.5 Å². The quantitative estimate of drug-likeness (QED) is 0.711. The molecule has 1 amide bonds. The third-order valence-corrected chi connectivity index (χ3v) is 2.60. The van der Waals surface area contributed by atoms with Gasteiger partial charge < -0.3 is 11.1 Å². The van der Waals surface area contributed by atoms with E-state index in [-0.39, 0.29) is 11.3 Å². The lowest BCUT2D eigenvalue weighted by Gasteiger charge is -2.06. The number of nitrogens with one attached hydrogen (secondary N) is 2. The summed E-state index contributed by atoms with van der Waals surface area (Å²) >= 11 is 0. The zero-order chi connectivity index (χ0) is 13.3. The molecule has 2 aromatic rings. The minimum Gasteiger partial charge on any atom is -0.399 e. The van der Waals surface area contributed by atoms with Gasteiger partial charge in [-0.05, 0) is 32.0 Å². The summed E-state index contributed by atoms with van der Waals surface area (Å²) in [6.45, 7) is 3.52. The molecule has 94 valence electrons. The molecule has 18 heavy (non-hydrogen) atoms. The van der Waals surface area contributed by atoms with E-state index < -0.39 is 11.7 Å². The molecule has 6 heteroatoms. The Kier molecular flexibility index (Phi) is 3.01. The number of aromatic nitrogens is 2. The Labute approximate surface area is 103 Å². The Hall–Kier alpha value is -2.37. The monoisotopic (exact) mass is 248 g/mol. The van der Waals surface area contributed by atoms with Crippen molar-refractivity contribution in [2.24, 2.45) is 0 Å². The molecule has 0 saturated carbocycles. The van der Waals surface area contributed by atoms with E-state index in [4.69, 9.17) is 5.73 Å². The van der Waals surface area contributed by atoms with Crippen molar-refractivity contribution in [2.75, 3.05) is 11.1 Å². The topological polar surface area (TPSA) is 83.8 Å². The normalized spacial score (nSPS) is 10.4. The van der Waals surface area contributed by atoms with Crippen LogP contribution in [0.15, 0.2) is 18.2 Å². The van der Waals surface area contributed by atoms with Crippen molar-refractivity contribution >= 4 is 17.3 Å². The zero-order valence-electron chi connectivity index (χ0n) is 10.0. The number of amides is 1. The predicted octanol–water partition coefficient (Wildman–Crippen LogP) is 2.00. The van der Waals surface area contributed by atoms with Gasteiger partial charge in [-0.15, -0.1) is 0 Å². The van der Waals surface area contributed by atoms with Crippen molar-refractivity contribution in [3.05, 3.63) is 41.0 Å². The molecule has 0 unspecified atom stereocenters. The molecule has 2 rings (SSSR count). The van der Waals surface area contributed by atoms with Crippen LogP contribution in [0.2, 0.25) is 0 Å². The number of halogens is 1. The summed E-state index contributed by atoms with van der Waals surface area (Å²) in [5, 5.41) is 9.31. The van der Waals surface area contributed by atoms with Crippen LogP contribution in [0.4, 0.5) is 15.8 Å². The fourth-order valence-corrected chi connectivity index (χ4v) is 1.63. The minimum atomic E-state index is -0.647. The molecule has 0 atom stereocenters. The highest BCUT2D eigenvalue weighted by Gasteiger charge is 2.15. The number of H-pyrrole nitrogens is 1. The van der Waals surface area contributed by atoms with E-state index in [0.717, 1.165) is 11.8 Å². The van der Waals surface area contributed by atoms with Crippen molar-refractivity contribution in [1.82, 2.24) is 10.2 Å². The summed E-state index contributed by atoms with van der Waals surface area (Å²) < 4.78 is 13.6. The maximum absolute atomic E-state index is 13.6. The Morgan fingerprint density at radius 2 is 2.17 bits per heavy atom. The average molecular weight is 248 g/mol. The molecule has 0 aliphatic carbocycles. The Balaban J connectivity index is 2.28. The fourth-order valence-electron chi connectivity index (χ4n) is 1.63. The summed E-state index contributed by atoms with van der Waals surface area (Å²) in [5.74, 6) is -1.17. The lowest BCUT2D eigenvalue weighted by molar-refractivity contribution is 0.102. The second kappa shape index (κ2) is 4.48. The van der Waals surface area contributed by atoms with Crippen molar-refractivity contribution in [3.63, 3.8) is 0 Å². The highest BCUT2D eigenvalue weighted by molar-refractivity contribution is 6.05. The first-order valence-electron chi connectivity index (χ1n) is 5.37. The number of rotatable bonds is 2. The van der Waals surface area contributed by atoms with Crippen LogP contribution in [0.5, 0.6) is 0 Å². The van der Waals surface area contributed by atoms with Crippen LogP contribution < -0.4 is 11.1 Å². The number of nitrogen functional groups attached to an aromatic ring is 1. The van der Waals surface area contributed by atoms with Crippen molar-refractivity contribution in [1.29, 1.82) is 0 Å². The molecule has 1 heterocycles. The summed E-state index contributed by atoms with van der Waals surface area (Å²) in [6.07, 6.45) is 0. The van der Waals surface area contributed by atoms with Gasteiger partial charge in [0.2, 0.25) is 0 Å². The summed E-state index contributed by atoms with van der Waals surface area (Å²) in [4.78, 5) is 11.9. The van der Waals surface area contributed by atoms with Crippen LogP contribution in [-0.4, -0.2) is 16.1 Å². The Morgan fingerprint density at radius 3 is 2.72 bits per heavy atom. The largest absolute Gasteiger partial charge is 0.399 e. The number of aryl methyl sites for hydroxylation is 2. The van der Waals surface area contributed by atoms with Crippen LogP contribution in [0.25, 0.3) is 0 Å². The molecular formula is C12H13FN4O. The van der Waals surface area contributed by atoms with Gasteiger partial charge in [0, 0.05) is 5.69 Å². The Bertz CT molecular complexity index is 587. The number of hydrogen-bond donors (Lipinski definition) is 3. The fraction of sp³-hybridized carbons (Fsp3) is 0.167. The van der Waals surface area contributed by atoms with E-state index in [1.54, 1.807) is 13.8 Å². The number of anilines is 2. The number of nitrogens with two attached hydrogens (primary N) is 1. The second-order valence-electron chi connectivity index (χ2n) is 4.00. The molecule has 0 aliphatic heterocycles. The van der Waals surface area contributed by atoms with Gasteiger partial charge in [-0.1, -0.05) is 0 Å². The zero-order valence-corrected chi connectivity index (χ0v) is 10.0. The summed E-state index contributed by atoms with van der Waals surface area (Å²) in [7, 11) is 0. The van der Waals surface area contributed by atoms with E-state index >= 15 is 0 Å². The van der Waals surface area contributed by atoms with Crippen LogP contribution in [0.1, 0.15) is 21.7 Å². The van der Waals surface area contributed by atoms with Gasteiger partial charge in [0.1, 0.15) is 5.82 Å². The average Bonchev–Trinajstić information content (AvgIpc) is 2.60. The standard InChI is InChI=1S/C12H13FN4O/c1-6-11(7(2)17-16-6)15-12(18)9-4-3-8(14)5-10(9)13/h3-5H,14H2,1-2H3,(H,15,18)(H,16,17). The van der Waals surface area contributed by atoms with E-state index in [1.807, 2.05) is 0 Å². The van der Waals surface area contributed by atoms with Gasteiger partial charge in [-0.2, -0.15) is 5.10 Å². The van der Waals surface area contributed by atoms with Gasteiger partial charge in [0.25, 0.3) is 5.91 Å². The highest BCUT2D eigenvalue weighted by Crippen LogP contribution is 2.19. The number of hydrogen-bond acceptors (Lipinski definition) is 3. The van der Waals surface area contributed by atoms with Crippen molar-refractivity contribution in [2.45, 2.75) is 13.8 Å². The molecule has 1 aromatic heterocycles. The molecule has 5 nitrogen and oxygen atoms in total. The van der Waals surface area contributed by atoms with Crippen LogP contribution in [0.3, 0.4) is 0 Å². The molecule has 0 radical (unpaired) electrons. The first kappa shape index (κ1) is 12.1. The first-order chi connectivity index (χ1) is 8.49. The highest BCUT2D eigenvalue weighted by atomic mass is 19.1. The van der Waals surface area contributed by atoms with Gasteiger partial charge in [0.05, 0.1) is 22.6 Å². The van der Waals surface area contributed by atoms with Crippen LogP contribution >= 0.6 is 0 Å². The lowest BCUT2D eigenvalue weighted by atomic mass is 10.1. The molecule has 1 aromatic carbocycles. The number of nitrogens with zero attached hydrogens (tertiary/aromatic N) is 1. The molecule has 0 bridgehead atoms. The lowest BCUT2D eigenvalue weighted by Crippen LogP contribution is -2.14. The second-order valence-corrected chi connectivity index (χ2v) is 4.00. The molecule has 4 N–H and O–H groups in total. The van der Waals surface area contributed by atoms with Crippen molar-refractivity contribution < 1.29 is 9.18 Å². The SMILES string of the molecule is Cc1n[nH]c(C)c1NC(=O)c1ccc(N)cc1F. The van der Waals surface area contributed by atoms with Gasteiger partial charge in [-0.3, -0.25) is 9.89 Å². The number of carbonyl (C=O) groups is 1. The molecular weight excluding hydrogens is 235 g/mol. The summed E-state index contributed by atoms with van der Waals surface area (Å²) in [5.41, 5.74) is 7.59. The van der Waals surface area contributed by atoms with Crippen LogP contribution in [-0.2, 0) is 0 Å². The Morgan fingerprint density at radius 1 is 1.44 bits per heavy atom. The van der Waals surface area contributed by atoms with Gasteiger partial charge in [-0.25, -0.2) is 4.39 Å². The van der Waals surface area contributed by atoms with Gasteiger partial charge in [0.15, 0.2) is 0 Å². The van der Waals surface area contributed by atoms with E-state index in [9.17, 15) is 9.18 Å². The number of aromatic amines is 1. The number of carbonyl (C=O) groups excluding carboxylic acids is 1. The van der Waals surface area contributed by atoms with Crippen LogP contribution in [0, 0.1) is 19.7 Å². The van der Waals surface area contributed by atoms with E-state index in [1.165, 1.54) is 12.1 Å². The first-order valence-corrected chi connectivity index (χ1v) is 5.37.